The first kappa shape index (κ1) is 24.3. The molecular weight excluding hydrogens is 442 g/mol. The molecule has 4 unspecified atom stereocenters. The number of methoxy groups -OCH3 is 2. The van der Waals surface area contributed by atoms with E-state index in [1.807, 2.05) is 30.3 Å². The van der Waals surface area contributed by atoms with E-state index in [9.17, 15) is 15.0 Å². The molecule has 34 heavy (non-hydrogen) atoms. The molecule has 0 spiro atoms. The maximum Gasteiger partial charge on any atom is 0.207 e. The number of carbonyl (C=O) groups excluding carboxylic acids is 1. The summed E-state index contributed by atoms with van der Waals surface area (Å²) in [6, 6.07) is 12.4. The van der Waals surface area contributed by atoms with E-state index in [1.165, 1.54) is 14.2 Å². The molecule has 4 N–H and O–H groups in total. The fraction of sp³-hybridized carbons (Fsp3) is 0.480. The van der Waals surface area contributed by atoms with E-state index in [-0.39, 0.29) is 12.5 Å². The Bertz CT molecular complexity index is 986. The van der Waals surface area contributed by atoms with Crippen LogP contribution in [0.25, 0.3) is 0 Å². The summed E-state index contributed by atoms with van der Waals surface area (Å²) in [4.78, 5) is 11.5. The summed E-state index contributed by atoms with van der Waals surface area (Å²) in [5.74, 6) is 0.909. The minimum absolute atomic E-state index is 0.288. The average Bonchev–Trinajstić information content (AvgIpc) is 3.27. The Hall–Kier alpha value is -2.85. The lowest BCUT2D eigenvalue weighted by Crippen LogP contribution is -2.48. The largest absolute Gasteiger partial charge is 0.496 e. The van der Waals surface area contributed by atoms with Crippen LogP contribution in [0.3, 0.4) is 0 Å². The third kappa shape index (κ3) is 4.09. The van der Waals surface area contributed by atoms with Gasteiger partial charge in [-0.1, -0.05) is 30.3 Å². The summed E-state index contributed by atoms with van der Waals surface area (Å²) in [5.41, 5.74) is -0.234. The summed E-state index contributed by atoms with van der Waals surface area (Å²) in [6.07, 6.45) is -0.735. The van der Waals surface area contributed by atoms with Crippen molar-refractivity contribution in [1.82, 2.24) is 5.32 Å². The number of aliphatic hydroxyl groups is 3. The first-order valence-electron chi connectivity index (χ1n) is 11.3. The van der Waals surface area contributed by atoms with Crippen LogP contribution in [-0.4, -0.2) is 73.5 Å². The Morgan fingerprint density at radius 1 is 1.24 bits per heavy atom. The minimum atomic E-state index is -1.58. The van der Waals surface area contributed by atoms with Gasteiger partial charge in [-0.2, -0.15) is 0 Å². The van der Waals surface area contributed by atoms with Crippen molar-refractivity contribution in [1.29, 1.82) is 0 Å². The molecule has 1 aliphatic heterocycles. The normalized spacial score (nSPS) is 27.9. The maximum absolute atomic E-state index is 12.1. The number of ether oxygens (including phenoxy) is 4. The van der Waals surface area contributed by atoms with Crippen LogP contribution in [0.1, 0.15) is 29.9 Å². The van der Waals surface area contributed by atoms with Crippen molar-refractivity contribution in [2.75, 3.05) is 27.4 Å². The zero-order chi connectivity index (χ0) is 24.3. The van der Waals surface area contributed by atoms with Gasteiger partial charge < -0.3 is 39.6 Å². The molecule has 2 aromatic carbocycles. The van der Waals surface area contributed by atoms with Crippen LogP contribution in [-0.2, 0) is 15.1 Å². The molecule has 1 fully saturated rings. The number of amides is 1. The molecule has 2 aromatic rings. The van der Waals surface area contributed by atoms with Crippen molar-refractivity contribution in [2.24, 2.45) is 0 Å². The van der Waals surface area contributed by atoms with Gasteiger partial charge >= 0.3 is 0 Å². The molecule has 1 amide bonds. The Morgan fingerprint density at radius 3 is 2.65 bits per heavy atom. The van der Waals surface area contributed by atoms with E-state index in [4.69, 9.17) is 24.1 Å². The van der Waals surface area contributed by atoms with E-state index in [1.54, 1.807) is 12.1 Å². The fourth-order valence-corrected chi connectivity index (χ4v) is 5.22. The lowest BCUT2D eigenvalue weighted by Gasteiger charge is -2.30. The molecule has 9 nitrogen and oxygen atoms in total. The maximum atomic E-state index is 12.1. The third-order valence-corrected chi connectivity index (χ3v) is 6.68. The summed E-state index contributed by atoms with van der Waals surface area (Å²) in [5, 5.41) is 33.4. The summed E-state index contributed by atoms with van der Waals surface area (Å²) >= 11 is 0. The average molecular weight is 474 g/mol. The lowest BCUT2D eigenvalue weighted by molar-refractivity contribution is -0.118. The zero-order valence-corrected chi connectivity index (χ0v) is 19.2. The van der Waals surface area contributed by atoms with Gasteiger partial charge in [0.2, 0.25) is 6.41 Å². The number of benzene rings is 2. The van der Waals surface area contributed by atoms with Crippen LogP contribution < -0.4 is 19.5 Å². The molecule has 0 saturated heterocycles. The van der Waals surface area contributed by atoms with Gasteiger partial charge in [-0.15, -0.1) is 0 Å². The Kier molecular flexibility index (Phi) is 7.27. The van der Waals surface area contributed by atoms with Crippen molar-refractivity contribution >= 4 is 6.41 Å². The second kappa shape index (κ2) is 10.2. The molecule has 184 valence electrons. The fourth-order valence-electron chi connectivity index (χ4n) is 5.22. The Labute approximate surface area is 198 Å². The predicted molar refractivity (Wildman–Crippen MR) is 122 cm³/mol. The van der Waals surface area contributed by atoms with Crippen molar-refractivity contribution in [3.63, 3.8) is 0 Å². The number of nitrogens with one attached hydrogen (secondary N) is 1. The molecular formula is C25H31NO8. The number of aliphatic hydroxyl groups excluding tert-OH is 2. The molecule has 0 radical (unpaired) electrons. The first-order chi connectivity index (χ1) is 16.5. The molecule has 0 bridgehead atoms. The number of hydrogen-bond acceptors (Lipinski definition) is 8. The van der Waals surface area contributed by atoms with Gasteiger partial charge in [0, 0.05) is 25.2 Å². The van der Waals surface area contributed by atoms with E-state index >= 15 is 0 Å². The monoisotopic (exact) mass is 473 g/mol. The number of hydrogen-bond donors (Lipinski definition) is 4. The summed E-state index contributed by atoms with van der Waals surface area (Å²) in [7, 11) is 3.00. The van der Waals surface area contributed by atoms with Gasteiger partial charge in [-0.3, -0.25) is 4.79 Å². The van der Waals surface area contributed by atoms with Gasteiger partial charge in [0.25, 0.3) is 0 Å². The topological polar surface area (TPSA) is 127 Å². The highest BCUT2D eigenvalue weighted by Gasteiger charge is 2.68. The summed E-state index contributed by atoms with van der Waals surface area (Å²) in [6.45, 7) is 0.0367. The molecule has 1 aliphatic carbocycles. The second-order valence-electron chi connectivity index (χ2n) is 8.59. The van der Waals surface area contributed by atoms with Crippen LogP contribution >= 0.6 is 0 Å². The van der Waals surface area contributed by atoms with Crippen molar-refractivity contribution < 1.29 is 39.1 Å². The van der Waals surface area contributed by atoms with Crippen LogP contribution in [0.2, 0.25) is 0 Å². The van der Waals surface area contributed by atoms with E-state index in [0.717, 1.165) is 5.56 Å². The van der Waals surface area contributed by atoms with Crippen LogP contribution in [0.5, 0.6) is 17.2 Å². The van der Waals surface area contributed by atoms with E-state index in [0.29, 0.717) is 48.7 Å². The van der Waals surface area contributed by atoms with Crippen molar-refractivity contribution in [3.8, 4) is 17.2 Å². The summed E-state index contributed by atoms with van der Waals surface area (Å²) < 4.78 is 23.5. The van der Waals surface area contributed by atoms with Crippen LogP contribution in [0.15, 0.2) is 42.5 Å². The minimum Gasteiger partial charge on any atom is -0.496 e. The van der Waals surface area contributed by atoms with Gasteiger partial charge in [0.1, 0.15) is 29.5 Å². The smallest absolute Gasteiger partial charge is 0.207 e. The molecule has 6 atom stereocenters. The van der Waals surface area contributed by atoms with Crippen molar-refractivity contribution in [2.45, 2.75) is 48.7 Å². The van der Waals surface area contributed by atoms with Crippen LogP contribution in [0, 0.1) is 0 Å². The third-order valence-electron chi connectivity index (χ3n) is 6.68. The molecule has 2 aliphatic rings. The quantitative estimate of drug-likeness (QED) is 0.282. The molecule has 1 saturated carbocycles. The van der Waals surface area contributed by atoms with E-state index < -0.39 is 30.0 Å². The van der Waals surface area contributed by atoms with Gasteiger partial charge in [-0.05, 0) is 18.4 Å². The number of carbonyl (C=O) groups is 1. The Balaban J connectivity index is 1.69. The van der Waals surface area contributed by atoms with Gasteiger partial charge in [0.15, 0.2) is 5.60 Å². The second-order valence-corrected chi connectivity index (χ2v) is 8.59. The first-order valence-corrected chi connectivity index (χ1v) is 11.3. The van der Waals surface area contributed by atoms with E-state index in [2.05, 4.69) is 5.32 Å². The van der Waals surface area contributed by atoms with Crippen molar-refractivity contribution in [3.05, 3.63) is 53.6 Å². The zero-order valence-electron chi connectivity index (χ0n) is 19.2. The highest BCUT2D eigenvalue weighted by Crippen LogP contribution is 2.59. The van der Waals surface area contributed by atoms with Crippen LogP contribution in [0.4, 0.5) is 0 Å². The highest BCUT2D eigenvalue weighted by molar-refractivity contribution is 5.60. The molecule has 9 heteroatoms. The molecule has 4 rings (SSSR count). The SMILES string of the molecule is COc1cc(OCCCC(O)CO)cc2c1[C@]1(O)C(OC)C(NC=O)[C@@H](c3ccccc3)C1O2. The lowest BCUT2D eigenvalue weighted by atomic mass is 9.86. The van der Waals surface area contributed by atoms with Gasteiger partial charge in [-0.25, -0.2) is 0 Å². The predicted octanol–water partition coefficient (Wildman–Crippen LogP) is 1.08. The number of rotatable bonds is 11. The molecule has 0 aromatic heterocycles. The van der Waals surface area contributed by atoms with Gasteiger partial charge in [0.05, 0.1) is 38.0 Å². The molecule has 1 heterocycles. The standard InChI is InChI=1S/C25H31NO8/c1-31-18-11-17(33-10-6-9-16(29)13-27)12-19-21(18)25(30)23(34-19)20(15-7-4-3-5-8-15)22(26-14-28)24(25)32-2/h3-5,7-8,11-12,14,16,20,22-24,27,29-30H,6,9-10,13H2,1-2H3,(H,26,28)/t16?,20-,22?,23?,24?,25-/m1/s1. The Morgan fingerprint density at radius 2 is 2.00 bits per heavy atom. The highest BCUT2D eigenvalue weighted by atomic mass is 16.5. The number of fused-ring (bicyclic) bond motifs is 3.